The lowest BCUT2D eigenvalue weighted by atomic mass is 10.2. The smallest absolute Gasteiger partial charge is 0.195 e. The van der Waals surface area contributed by atoms with Gasteiger partial charge < -0.3 is 14.8 Å². The summed E-state index contributed by atoms with van der Waals surface area (Å²) < 4.78 is 0. The summed E-state index contributed by atoms with van der Waals surface area (Å²) >= 11 is 0. The summed E-state index contributed by atoms with van der Waals surface area (Å²) in [4.78, 5) is 16.4. The van der Waals surface area contributed by atoms with Crippen molar-refractivity contribution in [2.45, 2.75) is 13.5 Å². The molecule has 0 aliphatic heterocycles. The minimum absolute atomic E-state index is 0.555. The quantitative estimate of drug-likeness (QED) is 0.661. The number of aromatic amines is 1. The summed E-state index contributed by atoms with van der Waals surface area (Å²) in [5.41, 5.74) is 3.29. The molecule has 1 aromatic carbocycles. The van der Waals surface area contributed by atoms with Crippen molar-refractivity contribution in [3.8, 4) is 0 Å². The number of H-pyrrole nitrogens is 1. The molecule has 5 heteroatoms. The van der Waals surface area contributed by atoms with Crippen molar-refractivity contribution >= 4 is 17.0 Å². The van der Waals surface area contributed by atoms with E-state index in [1.165, 1.54) is 5.56 Å². The Hall–Kier alpha value is -2.04. The average Bonchev–Trinajstić information content (AvgIpc) is 2.70. The number of nitrogens with zero attached hydrogens (tertiary/aromatic N) is 4. The van der Waals surface area contributed by atoms with Gasteiger partial charge in [0.2, 0.25) is 0 Å². The van der Waals surface area contributed by atoms with E-state index in [0.29, 0.717) is 6.54 Å². The third-order valence-corrected chi connectivity index (χ3v) is 2.86. The SMILES string of the molecule is Cc1ccc2nc(CN=C(N(C)C)N(C)C)[nH]c2c1. The van der Waals surface area contributed by atoms with Gasteiger partial charge in [0.15, 0.2) is 5.96 Å². The first-order chi connectivity index (χ1) is 8.97. The van der Waals surface area contributed by atoms with Crippen molar-refractivity contribution in [1.29, 1.82) is 0 Å². The second kappa shape index (κ2) is 5.30. The molecule has 5 nitrogen and oxygen atoms in total. The topological polar surface area (TPSA) is 47.5 Å². The lowest BCUT2D eigenvalue weighted by Crippen LogP contribution is -2.35. The van der Waals surface area contributed by atoms with Crippen LogP contribution in [0.3, 0.4) is 0 Å². The minimum atomic E-state index is 0.555. The number of hydrogen-bond acceptors (Lipinski definition) is 2. The predicted molar refractivity (Wildman–Crippen MR) is 79.3 cm³/mol. The van der Waals surface area contributed by atoms with Crippen LogP contribution < -0.4 is 0 Å². The van der Waals surface area contributed by atoms with Gasteiger partial charge in [0.25, 0.3) is 0 Å². The molecule has 0 fully saturated rings. The molecule has 2 rings (SSSR count). The molecule has 0 radical (unpaired) electrons. The van der Waals surface area contributed by atoms with Crippen molar-refractivity contribution in [2.75, 3.05) is 28.2 Å². The molecule has 0 bridgehead atoms. The lowest BCUT2D eigenvalue weighted by molar-refractivity contribution is 0.479. The van der Waals surface area contributed by atoms with Crippen LogP contribution >= 0.6 is 0 Å². The van der Waals surface area contributed by atoms with Gasteiger partial charge in [0.1, 0.15) is 12.4 Å². The molecule has 0 saturated heterocycles. The zero-order valence-corrected chi connectivity index (χ0v) is 12.2. The summed E-state index contributed by atoms with van der Waals surface area (Å²) in [7, 11) is 7.95. The van der Waals surface area contributed by atoms with Gasteiger partial charge in [-0.25, -0.2) is 9.98 Å². The van der Waals surface area contributed by atoms with Crippen LogP contribution in [-0.4, -0.2) is 53.9 Å². The van der Waals surface area contributed by atoms with Crippen LogP contribution in [0.5, 0.6) is 0 Å². The Labute approximate surface area is 114 Å². The molecule has 0 unspecified atom stereocenters. The van der Waals surface area contributed by atoms with Crippen LogP contribution in [-0.2, 0) is 6.54 Å². The second-order valence-corrected chi connectivity index (χ2v) is 5.11. The van der Waals surface area contributed by atoms with Crippen LogP contribution in [0.2, 0.25) is 0 Å². The third-order valence-electron chi connectivity index (χ3n) is 2.86. The average molecular weight is 259 g/mol. The van der Waals surface area contributed by atoms with E-state index in [-0.39, 0.29) is 0 Å². The van der Waals surface area contributed by atoms with Crippen molar-refractivity contribution in [3.05, 3.63) is 29.6 Å². The van der Waals surface area contributed by atoms with E-state index >= 15 is 0 Å². The molecule has 1 heterocycles. The maximum Gasteiger partial charge on any atom is 0.195 e. The fourth-order valence-corrected chi connectivity index (χ4v) is 2.08. The lowest BCUT2D eigenvalue weighted by Gasteiger charge is -2.22. The largest absolute Gasteiger partial charge is 0.349 e. The van der Waals surface area contributed by atoms with E-state index in [9.17, 15) is 0 Å². The van der Waals surface area contributed by atoms with E-state index in [1.807, 2.05) is 44.1 Å². The molecule has 1 N–H and O–H groups in total. The summed E-state index contributed by atoms with van der Waals surface area (Å²) in [6.45, 7) is 2.63. The van der Waals surface area contributed by atoms with Gasteiger partial charge in [-0.05, 0) is 24.6 Å². The Morgan fingerprint density at radius 1 is 1.21 bits per heavy atom. The third kappa shape index (κ3) is 3.05. The Kier molecular flexibility index (Phi) is 3.74. The van der Waals surface area contributed by atoms with Gasteiger partial charge in [0, 0.05) is 28.2 Å². The van der Waals surface area contributed by atoms with Crippen molar-refractivity contribution in [3.63, 3.8) is 0 Å². The normalized spacial score (nSPS) is 10.6. The summed E-state index contributed by atoms with van der Waals surface area (Å²) in [5, 5.41) is 0. The molecule has 2 aromatic rings. The van der Waals surface area contributed by atoms with Gasteiger partial charge >= 0.3 is 0 Å². The summed E-state index contributed by atoms with van der Waals surface area (Å²) in [6.07, 6.45) is 0. The maximum absolute atomic E-state index is 4.59. The summed E-state index contributed by atoms with van der Waals surface area (Å²) in [5.74, 6) is 1.82. The number of aryl methyl sites for hydroxylation is 1. The zero-order chi connectivity index (χ0) is 14.0. The van der Waals surface area contributed by atoms with Crippen LogP contribution in [0.25, 0.3) is 11.0 Å². The van der Waals surface area contributed by atoms with Gasteiger partial charge in [-0.1, -0.05) is 6.07 Å². The molecule has 1 aromatic heterocycles. The number of imidazole rings is 1. The standard InChI is InChI=1S/C14H21N5/c1-10-6-7-11-12(8-10)17-13(16-11)9-15-14(18(2)3)19(4)5/h6-8H,9H2,1-5H3,(H,16,17). The zero-order valence-electron chi connectivity index (χ0n) is 12.2. The number of benzene rings is 1. The highest BCUT2D eigenvalue weighted by Gasteiger charge is 2.06. The Morgan fingerprint density at radius 2 is 1.89 bits per heavy atom. The van der Waals surface area contributed by atoms with Gasteiger partial charge in [-0.15, -0.1) is 0 Å². The highest BCUT2D eigenvalue weighted by molar-refractivity contribution is 5.79. The first-order valence-corrected chi connectivity index (χ1v) is 6.31. The van der Waals surface area contributed by atoms with E-state index in [4.69, 9.17) is 0 Å². The molecular formula is C14H21N5. The van der Waals surface area contributed by atoms with Gasteiger partial charge in [-0.2, -0.15) is 0 Å². The number of rotatable bonds is 2. The van der Waals surface area contributed by atoms with E-state index in [2.05, 4.69) is 34.0 Å². The van der Waals surface area contributed by atoms with Crippen LogP contribution in [0.1, 0.15) is 11.4 Å². The second-order valence-electron chi connectivity index (χ2n) is 5.11. The number of hydrogen-bond donors (Lipinski definition) is 1. The molecule has 0 amide bonds. The highest BCUT2D eigenvalue weighted by atomic mass is 15.3. The van der Waals surface area contributed by atoms with Crippen LogP contribution in [0, 0.1) is 6.92 Å². The Bertz CT molecular complexity index is 585. The number of aliphatic imine (C=N–C) groups is 1. The first-order valence-electron chi connectivity index (χ1n) is 6.31. The van der Waals surface area contributed by atoms with Crippen LogP contribution in [0.4, 0.5) is 0 Å². The predicted octanol–water partition coefficient (Wildman–Crippen LogP) is 1.85. The molecule has 0 aliphatic carbocycles. The molecule has 0 spiro atoms. The minimum Gasteiger partial charge on any atom is -0.349 e. The Balaban J connectivity index is 2.23. The van der Waals surface area contributed by atoms with Gasteiger partial charge in [0.05, 0.1) is 11.0 Å². The maximum atomic E-state index is 4.59. The monoisotopic (exact) mass is 259 g/mol. The highest BCUT2D eigenvalue weighted by Crippen LogP contribution is 2.13. The molecule has 0 atom stereocenters. The molecule has 0 aliphatic rings. The number of aromatic nitrogens is 2. The van der Waals surface area contributed by atoms with Crippen molar-refractivity contribution < 1.29 is 0 Å². The summed E-state index contributed by atoms with van der Waals surface area (Å²) in [6, 6.07) is 6.21. The molecule has 102 valence electrons. The first kappa shape index (κ1) is 13.4. The number of fused-ring (bicyclic) bond motifs is 1. The molecule has 19 heavy (non-hydrogen) atoms. The van der Waals surface area contributed by atoms with Crippen molar-refractivity contribution in [1.82, 2.24) is 19.8 Å². The molecule has 0 saturated carbocycles. The van der Waals surface area contributed by atoms with E-state index < -0.39 is 0 Å². The van der Waals surface area contributed by atoms with Crippen molar-refractivity contribution in [2.24, 2.45) is 4.99 Å². The van der Waals surface area contributed by atoms with Crippen LogP contribution in [0.15, 0.2) is 23.2 Å². The fraction of sp³-hybridized carbons (Fsp3) is 0.429. The van der Waals surface area contributed by atoms with E-state index in [1.54, 1.807) is 0 Å². The van der Waals surface area contributed by atoms with Gasteiger partial charge in [-0.3, -0.25) is 0 Å². The fourth-order valence-electron chi connectivity index (χ4n) is 2.08. The number of guanidine groups is 1. The Morgan fingerprint density at radius 3 is 2.53 bits per heavy atom. The number of nitrogens with one attached hydrogen (secondary N) is 1. The van der Waals surface area contributed by atoms with E-state index in [0.717, 1.165) is 22.8 Å². The molecular weight excluding hydrogens is 238 g/mol.